The smallest absolute Gasteiger partial charge is 0.447 e. The maximum Gasteiger partial charge on any atom is 0.586 e. The summed E-state index contributed by atoms with van der Waals surface area (Å²) in [6.07, 6.45) is -8.77. The highest BCUT2D eigenvalue weighted by Gasteiger charge is 2.44. The fourth-order valence-corrected chi connectivity index (χ4v) is 3.84. The number of carbonyl (C=O) groups excluding carboxylic acids is 1. The van der Waals surface area contributed by atoms with E-state index < -0.39 is 43.6 Å². The van der Waals surface area contributed by atoms with Crippen LogP contribution in [0.4, 0.5) is 32.4 Å². The molecule has 0 saturated carbocycles. The number of amides is 1. The van der Waals surface area contributed by atoms with Crippen molar-refractivity contribution in [2.75, 3.05) is 25.1 Å². The molecule has 0 bridgehead atoms. The average Bonchev–Trinajstić information content (AvgIpc) is 3.37. The first-order chi connectivity index (χ1) is 17.7. The Hall–Kier alpha value is -3.56. The Morgan fingerprint density at radius 2 is 1.87 bits per heavy atom. The fourth-order valence-electron chi connectivity index (χ4n) is 3.84. The minimum absolute atomic E-state index is 0.00589. The number of halogens is 5. The van der Waals surface area contributed by atoms with E-state index in [9.17, 15) is 26.7 Å². The molecule has 0 aliphatic carbocycles. The Kier molecular flexibility index (Phi) is 7.45. The molecule has 16 heteroatoms. The van der Waals surface area contributed by atoms with Gasteiger partial charge < -0.3 is 28.7 Å². The molecule has 0 spiro atoms. The Labute approximate surface area is 213 Å². The SMILES string of the molecule is CC(C)(C)OC(=O)N1CC(Nc2ccc3c(c2)OC(F)(F)O3)CC[C@H]1c1nnc(OCCOC(F)(F)F)o1. The maximum absolute atomic E-state index is 13.3. The Bertz CT molecular complexity index is 1140. The molecule has 2 aromatic rings. The van der Waals surface area contributed by atoms with Gasteiger partial charge >= 0.3 is 24.8 Å². The molecule has 0 radical (unpaired) electrons. The van der Waals surface area contributed by atoms with Crippen molar-refractivity contribution in [3.05, 3.63) is 24.1 Å². The molecule has 2 aliphatic rings. The Balaban J connectivity index is 1.43. The van der Waals surface area contributed by atoms with Crippen LogP contribution in [-0.2, 0) is 9.47 Å². The molecule has 1 fully saturated rings. The summed E-state index contributed by atoms with van der Waals surface area (Å²) in [6, 6.07) is 3.21. The van der Waals surface area contributed by atoms with E-state index in [1.807, 2.05) is 0 Å². The van der Waals surface area contributed by atoms with Crippen LogP contribution in [0.1, 0.15) is 45.5 Å². The summed E-state index contributed by atoms with van der Waals surface area (Å²) in [7, 11) is 0. The van der Waals surface area contributed by atoms with Crippen molar-refractivity contribution < 1.29 is 54.8 Å². The lowest BCUT2D eigenvalue weighted by Gasteiger charge is -2.39. The molecule has 210 valence electrons. The number of carbonyl (C=O) groups is 1. The van der Waals surface area contributed by atoms with Gasteiger partial charge in [-0.05, 0) is 45.7 Å². The van der Waals surface area contributed by atoms with E-state index in [-0.39, 0.29) is 36.1 Å². The number of likely N-dealkylation sites (tertiary alicyclic amines) is 1. The van der Waals surface area contributed by atoms with Gasteiger partial charge in [0.05, 0.1) is 6.61 Å². The van der Waals surface area contributed by atoms with E-state index in [4.69, 9.17) is 13.9 Å². The van der Waals surface area contributed by atoms with Gasteiger partial charge in [-0.2, -0.15) is 0 Å². The molecule has 1 aromatic carbocycles. The Morgan fingerprint density at radius 1 is 1.13 bits per heavy atom. The van der Waals surface area contributed by atoms with Crippen LogP contribution in [0.25, 0.3) is 0 Å². The summed E-state index contributed by atoms with van der Waals surface area (Å²) in [6.45, 7) is 3.94. The molecule has 11 nitrogen and oxygen atoms in total. The first-order valence-corrected chi connectivity index (χ1v) is 11.5. The number of hydrogen-bond acceptors (Lipinski definition) is 10. The molecular formula is C22H25F5N4O7. The molecule has 38 heavy (non-hydrogen) atoms. The maximum atomic E-state index is 13.3. The standard InChI is InChI=1S/C22H25F5N4O7/c1-20(2,3)38-19(32)31-11-13(28-12-5-7-15-16(10-12)37-22(26,27)36-15)4-6-14(31)17-29-30-18(35-17)33-8-9-34-21(23,24)25/h5,7,10,13-14,28H,4,6,8-9,11H2,1-3H3/t13?,14-/m0/s1. The average molecular weight is 552 g/mol. The molecule has 3 heterocycles. The van der Waals surface area contributed by atoms with Gasteiger partial charge in [0.2, 0.25) is 5.89 Å². The van der Waals surface area contributed by atoms with Gasteiger partial charge in [0.15, 0.2) is 11.5 Å². The zero-order valence-corrected chi connectivity index (χ0v) is 20.5. The highest BCUT2D eigenvalue weighted by Crippen LogP contribution is 2.42. The zero-order valence-electron chi connectivity index (χ0n) is 20.5. The van der Waals surface area contributed by atoms with Crippen LogP contribution in [0.15, 0.2) is 22.6 Å². The molecule has 2 aliphatic heterocycles. The van der Waals surface area contributed by atoms with Crippen molar-refractivity contribution in [3.63, 3.8) is 0 Å². The predicted octanol–water partition coefficient (Wildman–Crippen LogP) is 4.86. The Morgan fingerprint density at radius 3 is 2.58 bits per heavy atom. The third-order valence-electron chi connectivity index (χ3n) is 5.26. The number of nitrogens with one attached hydrogen (secondary N) is 1. The number of hydrogen-bond donors (Lipinski definition) is 1. The topological polar surface area (TPSA) is 117 Å². The van der Waals surface area contributed by atoms with Crippen LogP contribution in [0, 0.1) is 0 Å². The van der Waals surface area contributed by atoms with Crippen LogP contribution in [0.5, 0.6) is 17.6 Å². The van der Waals surface area contributed by atoms with Crippen molar-refractivity contribution in [1.82, 2.24) is 15.1 Å². The third kappa shape index (κ3) is 7.26. The summed E-state index contributed by atoms with van der Waals surface area (Å²) in [4.78, 5) is 14.4. The minimum atomic E-state index is -4.80. The van der Waals surface area contributed by atoms with Crippen molar-refractivity contribution in [1.29, 1.82) is 0 Å². The van der Waals surface area contributed by atoms with Crippen molar-refractivity contribution in [3.8, 4) is 17.6 Å². The number of benzene rings is 1. The summed E-state index contributed by atoms with van der Waals surface area (Å²) in [5, 5.41) is 10.7. The summed E-state index contributed by atoms with van der Waals surface area (Å²) in [5.41, 5.74) is -0.348. The number of anilines is 1. The summed E-state index contributed by atoms with van der Waals surface area (Å²) < 4.78 is 91.5. The molecule has 1 N–H and O–H groups in total. The van der Waals surface area contributed by atoms with E-state index in [2.05, 4.69) is 29.7 Å². The van der Waals surface area contributed by atoms with Crippen molar-refractivity contribution in [2.45, 2.75) is 64.0 Å². The van der Waals surface area contributed by atoms with Crippen LogP contribution < -0.4 is 19.5 Å². The highest BCUT2D eigenvalue weighted by molar-refractivity contribution is 5.69. The first kappa shape index (κ1) is 27.5. The molecule has 1 amide bonds. The van der Waals surface area contributed by atoms with Gasteiger partial charge in [0, 0.05) is 24.3 Å². The number of rotatable bonds is 7. The van der Waals surface area contributed by atoms with Gasteiger partial charge in [0.25, 0.3) is 0 Å². The van der Waals surface area contributed by atoms with Gasteiger partial charge in [0.1, 0.15) is 18.2 Å². The van der Waals surface area contributed by atoms with Crippen LogP contribution in [0.2, 0.25) is 0 Å². The summed E-state index contributed by atoms with van der Waals surface area (Å²) in [5.74, 6) is -0.220. The predicted molar refractivity (Wildman–Crippen MR) is 117 cm³/mol. The number of nitrogens with zero attached hydrogens (tertiary/aromatic N) is 3. The van der Waals surface area contributed by atoms with E-state index >= 15 is 0 Å². The lowest BCUT2D eigenvalue weighted by atomic mass is 9.98. The monoisotopic (exact) mass is 552 g/mol. The number of aromatic nitrogens is 2. The quantitative estimate of drug-likeness (QED) is 0.377. The van der Waals surface area contributed by atoms with Crippen molar-refractivity contribution >= 4 is 11.8 Å². The van der Waals surface area contributed by atoms with Crippen LogP contribution >= 0.6 is 0 Å². The molecule has 1 aromatic heterocycles. The molecule has 4 rings (SSSR count). The highest BCUT2D eigenvalue weighted by atomic mass is 19.4. The van der Waals surface area contributed by atoms with E-state index in [0.717, 1.165) is 0 Å². The van der Waals surface area contributed by atoms with Gasteiger partial charge in [-0.3, -0.25) is 9.64 Å². The number of alkyl halides is 5. The lowest BCUT2D eigenvalue weighted by molar-refractivity contribution is -0.325. The molecule has 1 unspecified atom stereocenters. The van der Waals surface area contributed by atoms with Crippen molar-refractivity contribution in [2.24, 2.45) is 0 Å². The third-order valence-corrected chi connectivity index (χ3v) is 5.26. The first-order valence-electron chi connectivity index (χ1n) is 11.5. The second kappa shape index (κ2) is 10.3. The second-order valence-electron chi connectivity index (χ2n) is 9.44. The van der Waals surface area contributed by atoms with Gasteiger partial charge in [-0.15, -0.1) is 27.1 Å². The molecule has 1 saturated heterocycles. The number of piperidine rings is 1. The van der Waals surface area contributed by atoms with Gasteiger partial charge in [-0.1, -0.05) is 5.10 Å². The van der Waals surface area contributed by atoms with E-state index in [1.54, 1.807) is 20.8 Å². The van der Waals surface area contributed by atoms with Gasteiger partial charge in [-0.25, -0.2) is 4.79 Å². The van der Waals surface area contributed by atoms with Crippen LogP contribution in [-0.4, -0.2) is 65.2 Å². The lowest BCUT2D eigenvalue weighted by Crippen LogP contribution is -2.48. The zero-order chi connectivity index (χ0) is 27.7. The second-order valence-corrected chi connectivity index (χ2v) is 9.44. The number of fused-ring (bicyclic) bond motifs is 1. The normalized spacial score (nSPS) is 20.8. The van der Waals surface area contributed by atoms with Crippen LogP contribution in [0.3, 0.4) is 0 Å². The fraction of sp³-hybridized carbons (Fsp3) is 0.591. The van der Waals surface area contributed by atoms with E-state index in [0.29, 0.717) is 18.5 Å². The molecular weight excluding hydrogens is 527 g/mol. The molecule has 2 atom stereocenters. The number of ether oxygens (including phenoxy) is 5. The summed E-state index contributed by atoms with van der Waals surface area (Å²) >= 11 is 0. The van der Waals surface area contributed by atoms with E-state index in [1.165, 1.54) is 23.1 Å². The minimum Gasteiger partial charge on any atom is -0.447 e. The largest absolute Gasteiger partial charge is 0.586 e.